The van der Waals surface area contributed by atoms with Gasteiger partial charge in [0, 0.05) is 26.2 Å². The average Bonchev–Trinajstić information content (AvgIpc) is 3.39. The van der Waals surface area contributed by atoms with Crippen LogP contribution in [0.4, 0.5) is 10.3 Å². The molecule has 1 amide bonds. The van der Waals surface area contributed by atoms with Crippen molar-refractivity contribution in [2.45, 2.75) is 6.54 Å². The molecule has 0 spiro atoms. The van der Waals surface area contributed by atoms with Crippen LogP contribution in [0.1, 0.15) is 16.4 Å². The highest BCUT2D eigenvalue weighted by molar-refractivity contribution is 5.91. The van der Waals surface area contributed by atoms with E-state index >= 15 is 0 Å². The Balaban J connectivity index is 1.37. The number of hydrogen-bond donors (Lipinski definition) is 0. The second-order valence-electron chi connectivity index (χ2n) is 6.45. The summed E-state index contributed by atoms with van der Waals surface area (Å²) in [6, 6.07) is 8.33. The van der Waals surface area contributed by atoms with Crippen LogP contribution in [0, 0.1) is 15.9 Å². The molecule has 0 radical (unpaired) electrons. The molecule has 11 nitrogen and oxygen atoms in total. The third kappa shape index (κ3) is 3.96. The number of carbonyl (C=O) groups excluding carboxylic acids is 1. The average molecular weight is 401 g/mol. The Morgan fingerprint density at radius 3 is 2.52 bits per heavy atom. The zero-order valence-corrected chi connectivity index (χ0v) is 15.1. The predicted octanol–water partition coefficient (Wildman–Crippen LogP) is 1.26. The van der Waals surface area contributed by atoms with Gasteiger partial charge in [0.25, 0.3) is 5.91 Å². The summed E-state index contributed by atoms with van der Waals surface area (Å²) in [6.45, 7) is 2.48. The van der Waals surface area contributed by atoms with Gasteiger partial charge in [-0.2, -0.15) is 4.68 Å². The van der Waals surface area contributed by atoms with Gasteiger partial charge in [0.05, 0.1) is 18.3 Å². The monoisotopic (exact) mass is 401 g/mol. The molecule has 0 unspecified atom stereocenters. The van der Waals surface area contributed by atoms with E-state index in [9.17, 15) is 19.3 Å². The number of amides is 1. The van der Waals surface area contributed by atoms with Crippen LogP contribution in [0.25, 0.3) is 5.69 Å². The molecule has 3 heterocycles. The van der Waals surface area contributed by atoms with Gasteiger partial charge in [-0.3, -0.25) is 19.8 Å². The lowest BCUT2D eigenvalue weighted by molar-refractivity contribution is -0.402. The molecule has 1 aromatic carbocycles. The molecule has 1 saturated heterocycles. The van der Waals surface area contributed by atoms with Gasteiger partial charge in [-0.05, 0) is 40.8 Å². The molecule has 0 saturated carbocycles. The number of halogens is 1. The van der Waals surface area contributed by atoms with E-state index in [1.807, 2.05) is 0 Å². The number of nitro groups is 1. The van der Waals surface area contributed by atoms with Crippen molar-refractivity contribution in [2.24, 2.45) is 0 Å². The van der Waals surface area contributed by atoms with Crippen molar-refractivity contribution in [1.82, 2.24) is 30.0 Å². The molecule has 1 aliphatic heterocycles. The van der Waals surface area contributed by atoms with Crippen molar-refractivity contribution in [3.8, 4) is 5.69 Å². The maximum absolute atomic E-state index is 13.1. The molecule has 0 bridgehead atoms. The largest absolute Gasteiger partial charge is 0.433 e. The number of benzene rings is 1. The zero-order chi connectivity index (χ0) is 20.4. The normalized spacial score (nSPS) is 14.9. The van der Waals surface area contributed by atoms with E-state index in [-0.39, 0.29) is 17.5 Å². The Bertz CT molecular complexity index is 1020. The predicted molar refractivity (Wildman–Crippen MR) is 95.7 cm³/mol. The van der Waals surface area contributed by atoms with Crippen LogP contribution < -0.4 is 0 Å². The topological polar surface area (TPSA) is 123 Å². The summed E-state index contributed by atoms with van der Waals surface area (Å²) < 4.78 is 19.7. The van der Waals surface area contributed by atoms with Crippen molar-refractivity contribution in [2.75, 3.05) is 26.2 Å². The molecule has 29 heavy (non-hydrogen) atoms. The summed E-state index contributed by atoms with van der Waals surface area (Å²) in [6.07, 6.45) is 0. The quantitative estimate of drug-likeness (QED) is 0.462. The van der Waals surface area contributed by atoms with Gasteiger partial charge in [-0.15, -0.1) is 5.10 Å². The van der Waals surface area contributed by atoms with E-state index in [4.69, 9.17) is 4.42 Å². The Labute approximate surface area is 163 Å². The lowest BCUT2D eigenvalue weighted by Crippen LogP contribution is -2.48. The van der Waals surface area contributed by atoms with Crippen LogP contribution in [-0.4, -0.2) is 67.0 Å². The van der Waals surface area contributed by atoms with E-state index in [1.165, 1.54) is 24.3 Å². The number of hydrogen-bond acceptors (Lipinski definition) is 8. The SMILES string of the molecule is O=C(c1ccc([N+](=O)[O-])o1)N1CCN(Cc2nnnn2-c2ccc(F)cc2)CC1. The number of piperazine rings is 1. The number of furan rings is 1. The van der Waals surface area contributed by atoms with Crippen LogP contribution in [0.15, 0.2) is 40.8 Å². The van der Waals surface area contributed by atoms with E-state index in [0.29, 0.717) is 44.2 Å². The minimum Gasteiger partial charge on any atom is -0.395 e. The first-order chi connectivity index (χ1) is 14.0. The van der Waals surface area contributed by atoms with Crippen molar-refractivity contribution in [3.05, 3.63) is 63.9 Å². The number of rotatable bonds is 5. The van der Waals surface area contributed by atoms with Crippen LogP contribution in [0.2, 0.25) is 0 Å². The fourth-order valence-corrected chi connectivity index (χ4v) is 3.09. The molecule has 1 aliphatic rings. The van der Waals surface area contributed by atoms with Crippen molar-refractivity contribution in [3.63, 3.8) is 0 Å². The minimum atomic E-state index is -0.681. The highest BCUT2D eigenvalue weighted by Gasteiger charge is 2.26. The van der Waals surface area contributed by atoms with Gasteiger partial charge >= 0.3 is 5.88 Å². The molecule has 3 aromatic rings. The molecule has 0 atom stereocenters. The second-order valence-corrected chi connectivity index (χ2v) is 6.45. The maximum Gasteiger partial charge on any atom is 0.433 e. The molecule has 0 aliphatic carbocycles. The van der Waals surface area contributed by atoms with Crippen LogP contribution in [0.5, 0.6) is 0 Å². The maximum atomic E-state index is 13.1. The van der Waals surface area contributed by atoms with Gasteiger partial charge in [0.2, 0.25) is 0 Å². The van der Waals surface area contributed by atoms with Gasteiger partial charge in [0.1, 0.15) is 10.7 Å². The molecule has 1 fully saturated rings. The molecular weight excluding hydrogens is 385 g/mol. The van der Waals surface area contributed by atoms with Gasteiger partial charge in [-0.25, -0.2) is 4.39 Å². The number of carbonyl (C=O) groups is 1. The summed E-state index contributed by atoms with van der Waals surface area (Å²) in [5, 5.41) is 22.4. The first-order valence-corrected chi connectivity index (χ1v) is 8.80. The Hall–Kier alpha value is -3.67. The zero-order valence-electron chi connectivity index (χ0n) is 15.1. The van der Waals surface area contributed by atoms with Crippen LogP contribution >= 0.6 is 0 Å². The number of tetrazole rings is 1. The summed E-state index contributed by atoms with van der Waals surface area (Å²) in [4.78, 5) is 26.1. The smallest absolute Gasteiger partial charge is 0.395 e. The molecule has 4 rings (SSSR count). The second kappa shape index (κ2) is 7.75. The Kier molecular flexibility index (Phi) is 4.99. The van der Waals surface area contributed by atoms with Crippen LogP contribution in [0.3, 0.4) is 0 Å². The lowest BCUT2D eigenvalue weighted by atomic mass is 10.2. The lowest BCUT2D eigenvalue weighted by Gasteiger charge is -2.33. The molecule has 2 aromatic heterocycles. The van der Waals surface area contributed by atoms with Crippen LogP contribution in [-0.2, 0) is 6.54 Å². The van der Waals surface area contributed by atoms with E-state index in [2.05, 4.69) is 20.4 Å². The van der Waals surface area contributed by atoms with Crippen molar-refractivity contribution in [1.29, 1.82) is 0 Å². The van der Waals surface area contributed by atoms with Gasteiger partial charge in [-0.1, -0.05) is 0 Å². The summed E-state index contributed by atoms with van der Waals surface area (Å²) in [5.74, 6) is -0.636. The van der Waals surface area contributed by atoms with E-state index < -0.39 is 10.8 Å². The fraction of sp³-hybridized carbons (Fsp3) is 0.294. The van der Waals surface area contributed by atoms with Gasteiger partial charge < -0.3 is 9.32 Å². The highest BCUT2D eigenvalue weighted by atomic mass is 19.1. The summed E-state index contributed by atoms with van der Waals surface area (Å²) >= 11 is 0. The standard InChI is InChI=1S/C17H16FN7O4/c18-12-1-3-13(4-2-12)24-15(19-20-21-24)11-22-7-9-23(10-8-22)17(26)14-5-6-16(29-14)25(27)28/h1-6H,7-11H2. The van der Waals surface area contributed by atoms with Crippen molar-refractivity contribution < 1.29 is 18.5 Å². The molecular formula is C17H16FN7O4. The third-order valence-electron chi connectivity index (χ3n) is 4.61. The first-order valence-electron chi connectivity index (χ1n) is 8.80. The molecule has 150 valence electrons. The Morgan fingerprint density at radius 2 is 1.86 bits per heavy atom. The highest BCUT2D eigenvalue weighted by Crippen LogP contribution is 2.18. The number of aromatic nitrogens is 4. The van der Waals surface area contributed by atoms with E-state index in [0.717, 1.165) is 0 Å². The number of nitrogens with zero attached hydrogens (tertiary/aromatic N) is 7. The van der Waals surface area contributed by atoms with Crippen molar-refractivity contribution >= 4 is 11.8 Å². The molecule has 0 N–H and O–H groups in total. The minimum absolute atomic E-state index is 0.0506. The Morgan fingerprint density at radius 1 is 1.14 bits per heavy atom. The van der Waals surface area contributed by atoms with Gasteiger partial charge in [0.15, 0.2) is 11.6 Å². The first kappa shape index (κ1) is 18.7. The summed E-state index contributed by atoms with van der Waals surface area (Å²) in [7, 11) is 0. The fourth-order valence-electron chi connectivity index (χ4n) is 3.09. The summed E-state index contributed by atoms with van der Waals surface area (Å²) in [5.41, 5.74) is 0.652. The van der Waals surface area contributed by atoms with E-state index in [1.54, 1.807) is 21.7 Å². The third-order valence-corrected chi connectivity index (χ3v) is 4.61. The molecule has 12 heteroatoms.